The molecular weight excluding hydrogens is 208 g/mol. The maximum absolute atomic E-state index is 11.2. The lowest BCUT2D eigenvalue weighted by Gasteiger charge is -2.12. The highest BCUT2D eigenvalue weighted by Crippen LogP contribution is 2.03. The number of methoxy groups -OCH3 is 1. The average molecular weight is 226 g/mol. The molecule has 0 fully saturated rings. The van der Waals surface area contributed by atoms with E-state index >= 15 is 0 Å². The van der Waals surface area contributed by atoms with Crippen LogP contribution in [-0.2, 0) is 16.0 Å². The average Bonchev–Trinajstić information content (AvgIpc) is 2.38. The van der Waals surface area contributed by atoms with Gasteiger partial charge in [-0.05, 0) is 12.0 Å². The molecule has 1 aromatic carbocycles. The molecule has 0 aliphatic rings. The summed E-state index contributed by atoms with van der Waals surface area (Å²) in [5, 5.41) is 7.00. The van der Waals surface area contributed by atoms with Crippen molar-refractivity contribution in [2.45, 2.75) is 12.5 Å². The molecule has 5 nitrogen and oxygen atoms in total. The molecule has 1 rings (SSSR count). The summed E-state index contributed by atoms with van der Waals surface area (Å²) in [6, 6.07) is 9.15. The van der Waals surface area contributed by atoms with Crippen LogP contribution in [0.2, 0.25) is 0 Å². The number of hydrogen-bond acceptors (Lipinski definition) is 5. The lowest BCUT2D eigenvalue weighted by Crippen LogP contribution is -2.43. The van der Waals surface area contributed by atoms with Gasteiger partial charge >= 0.3 is 5.97 Å². The number of carbonyl (C=O) groups excluding carboxylic acids is 1. The first kappa shape index (κ1) is 14.6. The van der Waals surface area contributed by atoms with Crippen molar-refractivity contribution in [3.8, 4) is 0 Å². The first-order valence-electron chi connectivity index (χ1n) is 4.80. The van der Waals surface area contributed by atoms with Gasteiger partial charge in [-0.1, -0.05) is 30.3 Å². The van der Waals surface area contributed by atoms with Crippen molar-refractivity contribution < 1.29 is 14.6 Å². The van der Waals surface area contributed by atoms with Gasteiger partial charge in [-0.25, -0.2) is 5.43 Å². The number of benzene rings is 1. The molecule has 1 atom stereocenters. The molecule has 0 bridgehead atoms. The molecular formula is C11H18N2O3. The van der Waals surface area contributed by atoms with Crippen LogP contribution < -0.4 is 11.3 Å². The third-order valence-corrected chi connectivity index (χ3v) is 1.97. The van der Waals surface area contributed by atoms with Crippen LogP contribution in [0.3, 0.4) is 0 Å². The van der Waals surface area contributed by atoms with Crippen LogP contribution in [0.5, 0.6) is 0 Å². The van der Waals surface area contributed by atoms with Crippen LogP contribution in [0.4, 0.5) is 0 Å². The van der Waals surface area contributed by atoms with Gasteiger partial charge in [0.2, 0.25) is 0 Å². The summed E-state index contributed by atoms with van der Waals surface area (Å²) in [6.45, 7) is 0. The fourth-order valence-electron chi connectivity index (χ4n) is 1.20. The summed E-state index contributed by atoms with van der Waals surface area (Å²) in [4.78, 5) is 11.2. The number of nitrogens with one attached hydrogen (secondary N) is 1. The van der Waals surface area contributed by atoms with Gasteiger partial charge in [0.05, 0.1) is 7.11 Å². The molecule has 0 aliphatic heterocycles. The molecule has 0 saturated heterocycles. The summed E-state index contributed by atoms with van der Waals surface area (Å²) < 4.78 is 4.59. The molecule has 0 amide bonds. The minimum absolute atomic E-state index is 0.351. The molecule has 0 spiro atoms. The molecule has 0 saturated carbocycles. The number of aliphatic hydroxyl groups excluding tert-OH is 1. The van der Waals surface area contributed by atoms with Crippen LogP contribution in [-0.4, -0.2) is 31.3 Å². The van der Waals surface area contributed by atoms with Crippen molar-refractivity contribution in [2.75, 3.05) is 14.2 Å². The molecule has 4 N–H and O–H groups in total. The standard InChI is InChI=1S/C10H14N2O2.CH4O/c1-14-10(13)9(12-11)7-8-5-3-2-4-6-8;1-2/h2-6,9,12H,7,11H2,1H3;2H,1H3. The Balaban J connectivity index is 0.00000106. The third-order valence-electron chi connectivity index (χ3n) is 1.97. The second-order valence-electron chi connectivity index (χ2n) is 2.93. The number of carbonyl (C=O) groups is 1. The molecule has 5 heteroatoms. The summed E-state index contributed by atoms with van der Waals surface area (Å²) in [7, 11) is 2.34. The number of aliphatic hydroxyl groups is 1. The maximum Gasteiger partial charge on any atom is 0.324 e. The Kier molecular flexibility index (Phi) is 8.05. The van der Waals surface area contributed by atoms with Gasteiger partial charge in [-0.15, -0.1) is 0 Å². The molecule has 0 aromatic heterocycles. The smallest absolute Gasteiger partial charge is 0.324 e. The predicted octanol–water partition coefficient (Wildman–Crippen LogP) is -0.158. The highest BCUT2D eigenvalue weighted by Gasteiger charge is 2.17. The minimum atomic E-state index is -0.484. The highest BCUT2D eigenvalue weighted by atomic mass is 16.5. The van der Waals surface area contributed by atoms with Crippen LogP contribution in [0.15, 0.2) is 30.3 Å². The Hall–Kier alpha value is -1.43. The normalized spacial score (nSPS) is 11.0. The van der Waals surface area contributed by atoms with E-state index in [4.69, 9.17) is 10.9 Å². The Bertz CT molecular complexity index is 291. The second kappa shape index (κ2) is 8.84. The minimum Gasteiger partial charge on any atom is -0.468 e. The first-order chi connectivity index (χ1) is 7.77. The van der Waals surface area contributed by atoms with Gasteiger partial charge in [0.1, 0.15) is 6.04 Å². The number of esters is 1. The van der Waals surface area contributed by atoms with Gasteiger partial charge < -0.3 is 9.84 Å². The fourth-order valence-corrected chi connectivity index (χ4v) is 1.20. The van der Waals surface area contributed by atoms with Crippen molar-refractivity contribution in [1.82, 2.24) is 5.43 Å². The van der Waals surface area contributed by atoms with E-state index < -0.39 is 6.04 Å². The Morgan fingerprint density at radius 2 is 2.00 bits per heavy atom. The van der Waals surface area contributed by atoms with Crippen molar-refractivity contribution in [2.24, 2.45) is 5.84 Å². The van der Waals surface area contributed by atoms with E-state index in [1.54, 1.807) is 0 Å². The summed E-state index contributed by atoms with van der Waals surface area (Å²) in [6.07, 6.45) is 0.532. The van der Waals surface area contributed by atoms with Gasteiger partial charge in [0.25, 0.3) is 0 Å². The number of ether oxygens (including phenoxy) is 1. The van der Waals surface area contributed by atoms with E-state index in [0.29, 0.717) is 6.42 Å². The quantitative estimate of drug-likeness (QED) is 0.377. The zero-order valence-corrected chi connectivity index (χ0v) is 9.51. The van der Waals surface area contributed by atoms with Crippen molar-refractivity contribution in [3.05, 3.63) is 35.9 Å². The molecule has 1 aromatic rings. The molecule has 90 valence electrons. The van der Waals surface area contributed by atoms with E-state index in [-0.39, 0.29) is 5.97 Å². The van der Waals surface area contributed by atoms with Gasteiger partial charge in [-0.2, -0.15) is 0 Å². The lowest BCUT2D eigenvalue weighted by atomic mass is 10.1. The molecule has 0 radical (unpaired) electrons. The van der Waals surface area contributed by atoms with Crippen molar-refractivity contribution >= 4 is 5.97 Å². The van der Waals surface area contributed by atoms with E-state index in [2.05, 4.69) is 10.2 Å². The molecule has 0 aliphatic carbocycles. The fraction of sp³-hybridized carbons (Fsp3) is 0.364. The van der Waals surface area contributed by atoms with E-state index in [0.717, 1.165) is 12.7 Å². The monoisotopic (exact) mass is 226 g/mol. The topological polar surface area (TPSA) is 84.6 Å². The van der Waals surface area contributed by atoms with Crippen LogP contribution in [0.25, 0.3) is 0 Å². The van der Waals surface area contributed by atoms with E-state index in [1.165, 1.54) is 7.11 Å². The molecule has 0 heterocycles. The van der Waals surface area contributed by atoms with Crippen molar-refractivity contribution in [3.63, 3.8) is 0 Å². The van der Waals surface area contributed by atoms with E-state index in [1.807, 2.05) is 30.3 Å². The van der Waals surface area contributed by atoms with E-state index in [9.17, 15) is 4.79 Å². The lowest BCUT2D eigenvalue weighted by molar-refractivity contribution is -0.143. The van der Waals surface area contributed by atoms with Crippen LogP contribution in [0, 0.1) is 0 Å². The Labute approximate surface area is 95.2 Å². The van der Waals surface area contributed by atoms with Crippen LogP contribution in [0.1, 0.15) is 5.56 Å². The third kappa shape index (κ3) is 4.88. The van der Waals surface area contributed by atoms with Gasteiger partial charge in [0, 0.05) is 7.11 Å². The highest BCUT2D eigenvalue weighted by molar-refractivity contribution is 5.75. The van der Waals surface area contributed by atoms with Gasteiger partial charge in [0.15, 0.2) is 0 Å². The molecule has 16 heavy (non-hydrogen) atoms. The zero-order chi connectivity index (χ0) is 12.4. The largest absolute Gasteiger partial charge is 0.468 e. The second-order valence-corrected chi connectivity index (χ2v) is 2.93. The summed E-state index contributed by atoms with van der Waals surface area (Å²) >= 11 is 0. The Morgan fingerprint density at radius 1 is 1.44 bits per heavy atom. The van der Waals surface area contributed by atoms with Crippen molar-refractivity contribution in [1.29, 1.82) is 0 Å². The van der Waals surface area contributed by atoms with Gasteiger partial charge in [-0.3, -0.25) is 10.6 Å². The SMILES string of the molecule is CO.COC(=O)C(Cc1ccccc1)NN. The number of hydrazine groups is 1. The zero-order valence-electron chi connectivity index (χ0n) is 9.51. The number of rotatable bonds is 4. The summed E-state index contributed by atoms with van der Waals surface area (Å²) in [5.41, 5.74) is 3.47. The first-order valence-corrected chi connectivity index (χ1v) is 4.80. The summed E-state index contributed by atoms with van der Waals surface area (Å²) in [5.74, 6) is 4.90. The maximum atomic E-state index is 11.2. The van der Waals surface area contributed by atoms with Crippen LogP contribution >= 0.6 is 0 Å². The Morgan fingerprint density at radius 3 is 2.44 bits per heavy atom. The number of nitrogens with two attached hydrogens (primary N) is 1. The number of hydrogen-bond donors (Lipinski definition) is 3. The predicted molar refractivity (Wildman–Crippen MR) is 61.4 cm³/mol. The molecule has 1 unspecified atom stereocenters.